The van der Waals surface area contributed by atoms with Gasteiger partial charge in [-0.05, 0) is 42.5 Å². The van der Waals surface area contributed by atoms with Crippen LogP contribution in [0.1, 0.15) is 27.5 Å². The van der Waals surface area contributed by atoms with Crippen molar-refractivity contribution in [3.8, 4) is 5.75 Å². The first kappa shape index (κ1) is 23.8. The second-order valence-corrected chi connectivity index (χ2v) is 8.10. The molecule has 1 unspecified atom stereocenters. The predicted molar refractivity (Wildman–Crippen MR) is 134 cm³/mol. The van der Waals surface area contributed by atoms with E-state index in [4.69, 9.17) is 15.9 Å². The molecule has 1 atom stereocenters. The summed E-state index contributed by atoms with van der Waals surface area (Å²) < 4.78 is 5.29. The van der Waals surface area contributed by atoms with Gasteiger partial charge in [0.05, 0.1) is 13.2 Å². The number of nitrogens with zero attached hydrogens (tertiary/aromatic N) is 1. The van der Waals surface area contributed by atoms with Gasteiger partial charge in [-0.1, -0.05) is 30.3 Å². The Labute approximate surface area is 203 Å². The van der Waals surface area contributed by atoms with E-state index in [1.54, 1.807) is 71.6 Å². The first-order chi connectivity index (χ1) is 16.9. The standard InChI is InChI=1S/C26H27N5O4/c27-24(28)18-4-3-5-20(16-18)29-23(21-6-1-2-7-22(21)32)25(33)30-19-10-8-17(9-11-19)26(34)31-12-14-35-15-13-31/h1-11,16,23,29,32H,12-15H2,(H3,27,28)(H,30,33). The minimum absolute atomic E-state index is 0.0330. The molecule has 4 rings (SSSR count). The van der Waals surface area contributed by atoms with Gasteiger partial charge in [-0.3, -0.25) is 15.0 Å². The van der Waals surface area contributed by atoms with E-state index >= 15 is 0 Å². The van der Waals surface area contributed by atoms with Gasteiger partial charge in [-0.2, -0.15) is 0 Å². The van der Waals surface area contributed by atoms with Crippen molar-refractivity contribution in [2.45, 2.75) is 6.04 Å². The molecule has 1 aliphatic heterocycles. The number of nitrogens with one attached hydrogen (secondary N) is 3. The molecule has 1 heterocycles. The minimum atomic E-state index is -0.937. The first-order valence-corrected chi connectivity index (χ1v) is 11.2. The Morgan fingerprint density at radius 3 is 2.34 bits per heavy atom. The highest BCUT2D eigenvalue weighted by molar-refractivity contribution is 5.99. The highest BCUT2D eigenvalue weighted by atomic mass is 16.5. The number of aromatic hydroxyl groups is 1. The minimum Gasteiger partial charge on any atom is -0.508 e. The molecule has 1 saturated heterocycles. The smallest absolute Gasteiger partial charge is 0.254 e. The first-order valence-electron chi connectivity index (χ1n) is 11.2. The number of anilines is 2. The van der Waals surface area contributed by atoms with Gasteiger partial charge in [0.1, 0.15) is 17.6 Å². The van der Waals surface area contributed by atoms with Crippen molar-refractivity contribution in [3.63, 3.8) is 0 Å². The highest BCUT2D eigenvalue weighted by Gasteiger charge is 2.24. The number of para-hydroxylation sites is 1. The van der Waals surface area contributed by atoms with Gasteiger partial charge >= 0.3 is 0 Å². The maximum Gasteiger partial charge on any atom is 0.254 e. The van der Waals surface area contributed by atoms with Crippen molar-refractivity contribution in [3.05, 3.63) is 89.5 Å². The van der Waals surface area contributed by atoms with Gasteiger partial charge in [0.2, 0.25) is 0 Å². The second-order valence-electron chi connectivity index (χ2n) is 8.10. The van der Waals surface area contributed by atoms with Gasteiger partial charge < -0.3 is 31.1 Å². The molecule has 1 aliphatic rings. The summed E-state index contributed by atoms with van der Waals surface area (Å²) in [5, 5.41) is 24.0. The molecule has 9 nitrogen and oxygen atoms in total. The van der Waals surface area contributed by atoms with Crippen molar-refractivity contribution in [1.82, 2.24) is 4.90 Å². The zero-order valence-electron chi connectivity index (χ0n) is 19.0. The predicted octanol–water partition coefficient (Wildman–Crippen LogP) is 2.94. The van der Waals surface area contributed by atoms with Gasteiger partial charge in [-0.25, -0.2) is 0 Å². The van der Waals surface area contributed by atoms with Crippen molar-refractivity contribution in [1.29, 1.82) is 5.41 Å². The van der Waals surface area contributed by atoms with Crippen LogP contribution in [0.25, 0.3) is 0 Å². The van der Waals surface area contributed by atoms with E-state index in [0.29, 0.717) is 54.4 Å². The van der Waals surface area contributed by atoms with Crippen LogP contribution in [-0.4, -0.2) is 54.0 Å². The summed E-state index contributed by atoms with van der Waals surface area (Å²) >= 11 is 0. The number of amidine groups is 1. The molecule has 1 fully saturated rings. The Bertz CT molecular complexity index is 1220. The average molecular weight is 474 g/mol. The van der Waals surface area contributed by atoms with E-state index in [1.165, 1.54) is 6.07 Å². The molecular weight excluding hydrogens is 446 g/mol. The van der Waals surface area contributed by atoms with Crippen molar-refractivity contribution in [2.75, 3.05) is 36.9 Å². The number of hydrogen-bond donors (Lipinski definition) is 5. The molecule has 0 aliphatic carbocycles. The molecule has 0 aromatic heterocycles. The molecule has 180 valence electrons. The van der Waals surface area contributed by atoms with Crippen molar-refractivity contribution < 1.29 is 19.4 Å². The lowest BCUT2D eigenvalue weighted by Crippen LogP contribution is -2.40. The fraction of sp³-hybridized carbons (Fsp3) is 0.192. The average Bonchev–Trinajstić information content (AvgIpc) is 2.88. The molecule has 0 bridgehead atoms. The molecule has 3 aromatic rings. The number of morpholine rings is 1. The van der Waals surface area contributed by atoms with Crippen LogP contribution in [0.4, 0.5) is 11.4 Å². The zero-order valence-corrected chi connectivity index (χ0v) is 19.0. The summed E-state index contributed by atoms with van der Waals surface area (Å²) in [6.45, 7) is 2.15. The Hall–Kier alpha value is -4.37. The number of nitrogens with two attached hydrogens (primary N) is 1. The third kappa shape index (κ3) is 5.77. The quantitative estimate of drug-likeness (QED) is 0.264. The van der Waals surface area contributed by atoms with E-state index in [-0.39, 0.29) is 17.5 Å². The van der Waals surface area contributed by atoms with Crippen molar-refractivity contribution >= 4 is 29.0 Å². The van der Waals surface area contributed by atoms with E-state index in [0.717, 1.165) is 0 Å². The van der Waals surface area contributed by atoms with Crippen LogP contribution in [0.15, 0.2) is 72.8 Å². The van der Waals surface area contributed by atoms with E-state index in [2.05, 4.69) is 10.6 Å². The Kier molecular flexibility index (Phi) is 7.27. The Morgan fingerprint density at radius 2 is 1.66 bits per heavy atom. The SMILES string of the molecule is N=C(N)c1cccc(NC(C(=O)Nc2ccc(C(=O)N3CCOCC3)cc2)c2ccccc2O)c1. The molecule has 0 spiro atoms. The number of phenols is 1. The third-order valence-corrected chi connectivity index (χ3v) is 5.69. The van der Waals surface area contributed by atoms with Crippen LogP contribution in [0.3, 0.4) is 0 Å². The number of hydrogen-bond acceptors (Lipinski definition) is 6. The summed E-state index contributed by atoms with van der Waals surface area (Å²) in [7, 11) is 0. The highest BCUT2D eigenvalue weighted by Crippen LogP contribution is 2.29. The summed E-state index contributed by atoms with van der Waals surface area (Å²) in [6, 6.07) is 19.2. The maximum absolute atomic E-state index is 13.3. The zero-order chi connectivity index (χ0) is 24.8. The second kappa shape index (κ2) is 10.7. The number of carbonyl (C=O) groups excluding carboxylic acids is 2. The van der Waals surface area contributed by atoms with Crippen LogP contribution in [0.2, 0.25) is 0 Å². The molecular formula is C26H27N5O4. The fourth-order valence-corrected chi connectivity index (χ4v) is 3.82. The number of carbonyl (C=O) groups is 2. The number of ether oxygens (including phenoxy) is 1. The topological polar surface area (TPSA) is 141 Å². The largest absolute Gasteiger partial charge is 0.508 e. The monoisotopic (exact) mass is 473 g/mol. The number of benzene rings is 3. The third-order valence-electron chi connectivity index (χ3n) is 5.69. The van der Waals surface area contributed by atoms with Gasteiger partial charge in [-0.15, -0.1) is 0 Å². The lowest BCUT2D eigenvalue weighted by Gasteiger charge is -2.27. The number of amides is 2. The van der Waals surface area contributed by atoms with Crippen LogP contribution in [0, 0.1) is 5.41 Å². The van der Waals surface area contributed by atoms with Crippen molar-refractivity contribution in [2.24, 2.45) is 5.73 Å². The molecule has 2 amide bonds. The van der Waals surface area contributed by atoms with Gasteiger partial charge in [0.15, 0.2) is 0 Å². The molecule has 3 aromatic carbocycles. The molecule has 6 N–H and O–H groups in total. The number of phenolic OH excluding ortho intramolecular Hbond substituents is 1. The summed E-state index contributed by atoms with van der Waals surface area (Å²) in [5.74, 6) is -0.615. The van der Waals surface area contributed by atoms with E-state index in [1.807, 2.05) is 0 Å². The van der Waals surface area contributed by atoms with Crippen LogP contribution in [-0.2, 0) is 9.53 Å². The summed E-state index contributed by atoms with van der Waals surface area (Å²) in [4.78, 5) is 27.7. The normalized spacial score (nSPS) is 14.1. The molecule has 9 heteroatoms. The van der Waals surface area contributed by atoms with Crippen LogP contribution < -0.4 is 16.4 Å². The lowest BCUT2D eigenvalue weighted by molar-refractivity contribution is -0.117. The van der Waals surface area contributed by atoms with E-state index < -0.39 is 11.9 Å². The van der Waals surface area contributed by atoms with E-state index in [9.17, 15) is 14.7 Å². The lowest BCUT2D eigenvalue weighted by atomic mass is 10.0. The summed E-state index contributed by atoms with van der Waals surface area (Å²) in [5.41, 5.74) is 8.09. The molecule has 35 heavy (non-hydrogen) atoms. The van der Waals surface area contributed by atoms with Crippen LogP contribution >= 0.6 is 0 Å². The molecule has 0 saturated carbocycles. The van der Waals surface area contributed by atoms with Gasteiger partial charge in [0, 0.05) is 41.2 Å². The summed E-state index contributed by atoms with van der Waals surface area (Å²) in [6.07, 6.45) is 0. The Morgan fingerprint density at radius 1 is 0.943 bits per heavy atom. The molecule has 0 radical (unpaired) electrons. The number of rotatable bonds is 7. The van der Waals surface area contributed by atoms with Gasteiger partial charge in [0.25, 0.3) is 11.8 Å². The fourth-order valence-electron chi connectivity index (χ4n) is 3.82. The maximum atomic E-state index is 13.3. The number of nitrogen functional groups attached to an aromatic ring is 1. The van der Waals surface area contributed by atoms with Crippen LogP contribution in [0.5, 0.6) is 5.75 Å². The Balaban J connectivity index is 1.53.